The fourth-order valence-electron chi connectivity index (χ4n) is 4.50. The van der Waals surface area contributed by atoms with Crippen LogP contribution in [0, 0.1) is 5.41 Å². The molecule has 4 heterocycles. The number of aromatic nitrogens is 4. The zero-order valence-electron chi connectivity index (χ0n) is 23.7. The fourth-order valence-corrected chi connectivity index (χ4v) is 4.56. The predicted molar refractivity (Wildman–Crippen MR) is 161 cm³/mol. The Balaban J connectivity index is 1.63. The van der Waals surface area contributed by atoms with Crippen LogP contribution in [0.25, 0.3) is 11.0 Å². The Kier molecular flexibility index (Phi) is 9.31. The van der Waals surface area contributed by atoms with Crippen molar-refractivity contribution in [3.05, 3.63) is 93.6 Å². The van der Waals surface area contributed by atoms with E-state index in [1.807, 2.05) is 13.0 Å². The number of pyridine rings is 2. The van der Waals surface area contributed by atoms with Gasteiger partial charge >= 0.3 is 0 Å². The Hall–Kier alpha value is -4.64. The number of hydrogen-bond donors (Lipinski definition) is 2. The highest BCUT2D eigenvalue weighted by Gasteiger charge is 2.37. The van der Waals surface area contributed by atoms with E-state index in [1.165, 1.54) is 35.2 Å². The Morgan fingerprint density at radius 1 is 1.17 bits per heavy atom. The van der Waals surface area contributed by atoms with Gasteiger partial charge in [-0.1, -0.05) is 49.8 Å². The predicted octanol–water partition coefficient (Wildman–Crippen LogP) is 3.68. The summed E-state index contributed by atoms with van der Waals surface area (Å²) in [6.07, 6.45) is 8.35. The van der Waals surface area contributed by atoms with Crippen molar-refractivity contribution in [2.75, 3.05) is 25.0 Å². The number of halogens is 1. The number of anilines is 1. The Morgan fingerprint density at radius 3 is 2.60 bits per heavy atom. The largest absolute Gasteiger partial charge is 0.352 e. The van der Waals surface area contributed by atoms with E-state index >= 15 is 0 Å². The zero-order valence-corrected chi connectivity index (χ0v) is 24.4. The zero-order chi connectivity index (χ0) is 30.4. The number of carbonyl (C=O) groups excluding carboxylic acids is 3. The fraction of sp³-hybridized carbons (Fsp3) is 0.300. The average molecular weight is 590 g/mol. The second-order valence-corrected chi connectivity index (χ2v) is 11.3. The first-order chi connectivity index (χ1) is 20.0. The quantitative estimate of drug-likeness (QED) is 0.344. The molecule has 1 saturated heterocycles. The van der Waals surface area contributed by atoms with Gasteiger partial charge in [0, 0.05) is 42.4 Å². The van der Waals surface area contributed by atoms with Crippen molar-refractivity contribution in [2.24, 2.45) is 5.41 Å². The third kappa shape index (κ3) is 7.35. The number of hydrogen-bond acceptors (Lipinski definition) is 7. The molecule has 12 heteroatoms. The number of nitrogens with one attached hydrogen (secondary N) is 2. The molecule has 1 aliphatic heterocycles. The summed E-state index contributed by atoms with van der Waals surface area (Å²) in [4.78, 5) is 58.7. The second-order valence-electron chi connectivity index (χ2n) is 10.8. The standard InChI is InChI=1S/C30H32ClN7O4/c1-5-22(31)9-8-19(2)10-12-32-28(41)23-14-20-13-21(27(40)35-24-7-6-11-34-36-24)15-33-26(20)38(29(23)42)16-25(39)37-17-30(3,4)18-37/h5-9,11,13-15H,1,10,12,16-18H2,2-4H3,(H,32,41)(H,35,36,40). The van der Waals surface area contributed by atoms with Crippen molar-refractivity contribution in [3.63, 3.8) is 0 Å². The molecule has 0 spiro atoms. The van der Waals surface area contributed by atoms with Crippen LogP contribution in [0.2, 0.25) is 0 Å². The van der Waals surface area contributed by atoms with Gasteiger partial charge in [-0.05, 0) is 49.1 Å². The number of likely N-dealkylation sites (tertiary alicyclic amines) is 1. The van der Waals surface area contributed by atoms with Crippen LogP contribution >= 0.6 is 11.6 Å². The molecule has 0 bridgehead atoms. The first kappa shape index (κ1) is 30.3. The Bertz CT molecular complexity index is 1650. The Morgan fingerprint density at radius 2 is 1.93 bits per heavy atom. The molecule has 1 aliphatic rings. The normalized spacial score (nSPS) is 14.7. The lowest BCUT2D eigenvalue weighted by molar-refractivity contribution is -0.142. The van der Waals surface area contributed by atoms with Crippen LogP contribution in [0.15, 0.2) is 76.9 Å². The summed E-state index contributed by atoms with van der Waals surface area (Å²) in [6.45, 7) is 10.7. The maximum atomic E-state index is 13.5. The van der Waals surface area contributed by atoms with Gasteiger partial charge in [0.2, 0.25) is 5.91 Å². The monoisotopic (exact) mass is 589 g/mol. The summed E-state index contributed by atoms with van der Waals surface area (Å²) >= 11 is 5.94. The lowest BCUT2D eigenvalue weighted by atomic mass is 9.84. The number of allylic oxidation sites excluding steroid dienone is 4. The molecule has 42 heavy (non-hydrogen) atoms. The molecule has 2 N–H and O–H groups in total. The van der Waals surface area contributed by atoms with Crippen LogP contribution < -0.4 is 16.2 Å². The van der Waals surface area contributed by atoms with Gasteiger partial charge in [0.25, 0.3) is 17.4 Å². The van der Waals surface area contributed by atoms with Gasteiger partial charge in [-0.2, -0.15) is 5.10 Å². The minimum absolute atomic E-state index is 0.00739. The molecule has 0 atom stereocenters. The van der Waals surface area contributed by atoms with Gasteiger partial charge in [-0.3, -0.25) is 23.7 Å². The van der Waals surface area contributed by atoms with E-state index in [0.29, 0.717) is 29.9 Å². The van der Waals surface area contributed by atoms with Crippen molar-refractivity contribution in [3.8, 4) is 0 Å². The summed E-state index contributed by atoms with van der Waals surface area (Å²) in [5, 5.41) is 13.8. The van der Waals surface area contributed by atoms with Gasteiger partial charge in [0.1, 0.15) is 17.8 Å². The molecule has 1 fully saturated rings. The van der Waals surface area contributed by atoms with E-state index < -0.39 is 17.4 Å². The molecule has 218 valence electrons. The molecule has 11 nitrogen and oxygen atoms in total. The molecule has 3 amide bonds. The van der Waals surface area contributed by atoms with Crippen LogP contribution in [-0.4, -0.2) is 62.0 Å². The van der Waals surface area contributed by atoms with Crippen molar-refractivity contribution < 1.29 is 14.4 Å². The van der Waals surface area contributed by atoms with Crippen molar-refractivity contribution >= 4 is 46.2 Å². The van der Waals surface area contributed by atoms with Gasteiger partial charge in [0.05, 0.1) is 5.56 Å². The molecule has 0 aliphatic carbocycles. The molecule has 3 aromatic heterocycles. The van der Waals surface area contributed by atoms with E-state index in [1.54, 1.807) is 23.1 Å². The average Bonchev–Trinajstić information content (AvgIpc) is 2.95. The minimum atomic E-state index is -0.648. The van der Waals surface area contributed by atoms with E-state index in [4.69, 9.17) is 11.6 Å². The van der Waals surface area contributed by atoms with Crippen molar-refractivity contribution in [2.45, 2.75) is 33.7 Å². The van der Waals surface area contributed by atoms with Gasteiger partial charge in [-0.25, -0.2) is 4.98 Å². The number of fused-ring (bicyclic) bond motifs is 1. The van der Waals surface area contributed by atoms with Crippen LogP contribution in [0.4, 0.5) is 5.82 Å². The number of rotatable bonds is 10. The summed E-state index contributed by atoms with van der Waals surface area (Å²) in [7, 11) is 0. The second kappa shape index (κ2) is 12.9. The van der Waals surface area contributed by atoms with E-state index in [-0.39, 0.29) is 47.0 Å². The lowest BCUT2D eigenvalue weighted by Gasteiger charge is -2.45. The molecular weight excluding hydrogens is 558 g/mol. The van der Waals surface area contributed by atoms with Crippen molar-refractivity contribution in [1.82, 2.24) is 30.0 Å². The van der Waals surface area contributed by atoms with Gasteiger partial charge < -0.3 is 15.5 Å². The highest BCUT2D eigenvalue weighted by atomic mass is 35.5. The van der Waals surface area contributed by atoms with E-state index in [2.05, 4.69) is 46.2 Å². The minimum Gasteiger partial charge on any atom is -0.352 e. The van der Waals surface area contributed by atoms with Crippen LogP contribution in [0.5, 0.6) is 0 Å². The third-order valence-corrected chi connectivity index (χ3v) is 6.94. The molecule has 3 aromatic rings. The lowest BCUT2D eigenvalue weighted by Crippen LogP contribution is -2.56. The number of nitrogens with zero attached hydrogens (tertiary/aromatic N) is 5. The van der Waals surface area contributed by atoms with E-state index in [9.17, 15) is 19.2 Å². The topological polar surface area (TPSA) is 139 Å². The summed E-state index contributed by atoms with van der Waals surface area (Å²) in [5.74, 6) is -1.11. The summed E-state index contributed by atoms with van der Waals surface area (Å²) < 4.78 is 1.19. The van der Waals surface area contributed by atoms with Gasteiger partial charge in [0.15, 0.2) is 5.82 Å². The van der Waals surface area contributed by atoms with Crippen LogP contribution in [-0.2, 0) is 11.3 Å². The first-order valence-corrected chi connectivity index (χ1v) is 13.7. The molecule has 0 aromatic carbocycles. The molecule has 0 radical (unpaired) electrons. The SMILES string of the molecule is C=CC(Cl)=CC=C(C)CCNC(=O)c1cc2cc(C(=O)Nc3cccnn3)cnc2n(CC(=O)N2CC(C)(C)C2)c1=O. The molecule has 0 saturated carbocycles. The summed E-state index contributed by atoms with van der Waals surface area (Å²) in [6, 6.07) is 6.12. The third-order valence-electron chi connectivity index (χ3n) is 6.66. The Labute approximate surface area is 248 Å². The number of carbonyl (C=O) groups is 3. The van der Waals surface area contributed by atoms with E-state index in [0.717, 1.165) is 5.57 Å². The van der Waals surface area contributed by atoms with Crippen LogP contribution in [0.3, 0.4) is 0 Å². The van der Waals surface area contributed by atoms with Crippen LogP contribution in [0.1, 0.15) is 47.9 Å². The molecule has 4 rings (SSSR count). The summed E-state index contributed by atoms with van der Waals surface area (Å²) in [5.41, 5.74) is 0.511. The smallest absolute Gasteiger partial charge is 0.265 e. The molecule has 0 unspecified atom stereocenters. The highest BCUT2D eigenvalue weighted by molar-refractivity contribution is 6.31. The number of amides is 3. The maximum Gasteiger partial charge on any atom is 0.265 e. The van der Waals surface area contributed by atoms with Gasteiger partial charge in [-0.15, -0.1) is 5.10 Å². The highest BCUT2D eigenvalue weighted by Crippen LogP contribution is 2.29. The first-order valence-electron chi connectivity index (χ1n) is 13.3. The maximum absolute atomic E-state index is 13.5. The molecular formula is C30H32ClN7O4. The van der Waals surface area contributed by atoms with Crippen molar-refractivity contribution in [1.29, 1.82) is 0 Å².